The van der Waals surface area contributed by atoms with Crippen molar-refractivity contribution in [3.8, 4) is 11.3 Å². The Bertz CT molecular complexity index is 1070. The summed E-state index contributed by atoms with van der Waals surface area (Å²) in [6, 6.07) is 11.3. The average molecular weight is 329 g/mol. The first kappa shape index (κ1) is 13.4. The molecule has 0 aliphatic rings. The highest BCUT2D eigenvalue weighted by Gasteiger charge is 2.13. The molecule has 3 heterocycles. The van der Waals surface area contributed by atoms with E-state index in [4.69, 9.17) is 16.0 Å². The molecule has 0 aliphatic carbocycles. The highest BCUT2D eigenvalue weighted by molar-refractivity contribution is 7.25. The first-order valence-corrected chi connectivity index (χ1v) is 7.78. The second kappa shape index (κ2) is 4.90. The van der Waals surface area contributed by atoms with Gasteiger partial charge in [-0.1, -0.05) is 23.7 Å². The van der Waals surface area contributed by atoms with Crippen LogP contribution < -0.4 is 5.63 Å². The molecule has 1 aromatic carbocycles. The van der Waals surface area contributed by atoms with Gasteiger partial charge in [0.05, 0.1) is 5.69 Å². The van der Waals surface area contributed by atoms with Crippen molar-refractivity contribution in [1.29, 1.82) is 0 Å². The lowest BCUT2D eigenvalue weighted by Crippen LogP contribution is -1.99. The first-order valence-electron chi connectivity index (χ1n) is 6.59. The van der Waals surface area contributed by atoms with Crippen molar-refractivity contribution in [2.75, 3.05) is 0 Å². The van der Waals surface area contributed by atoms with Crippen molar-refractivity contribution in [2.45, 2.75) is 6.92 Å². The molecule has 0 amide bonds. The Balaban J connectivity index is 1.98. The number of rotatable bonds is 1. The van der Waals surface area contributed by atoms with Gasteiger partial charge in [0.2, 0.25) is 0 Å². The summed E-state index contributed by atoms with van der Waals surface area (Å²) in [7, 11) is 0. The van der Waals surface area contributed by atoms with Crippen molar-refractivity contribution in [3.05, 3.63) is 57.7 Å². The number of thiophene rings is 1. The molecule has 0 N–H and O–H groups in total. The van der Waals surface area contributed by atoms with Gasteiger partial charge in [0.1, 0.15) is 15.0 Å². The van der Waals surface area contributed by atoms with E-state index in [1.54, 1.807) is 6.92 Å². The Morgan fingerprint density at radius 2 is 1.86 bits per heavy atom. The maximum Gasteiger partial charge on any atom is 0.357 e. The Kier molecular flexibility index (Phi) is 2.99. The van der Waals surface area contributed by atoms with Gasteiger partial charge in [0.15, 0.2) is 5.89 Å². The lowest BCUT2D eigenvalue weighted by atomic mass is 10.1. The van der Waals surface area contributed by atoms with Gasteiger partial charge in [-0.05, 0) is 24.3 Å². The fraction of sp³-hybridized carbons (Fsp3) is 0.0625. The lowest BCUT2D eigenvalue weighted by molar-refractivity contribution is 0.468. The number of aromatic nitrogens is 2. The monoisotopic (exact) mass is 328 g/mol. The molecule has 0 radical (unpaired) electrons. The van der Waals surface area contributed by atoms with Gasteiger partial charge in [-0.2, -0.15) is 0 Å². The predicted octanol–water partition coefficient (Wildman–Crippen LogP) is 4.43. The van der Waals surface area contributed by atoms with E-state index < -0.39 is 0 Å². The highest BCUT2D eigenvalue weighted by Crippen LogP contribution is 2.31. The van der Waals surface area contributed by atoms with Crippen LogP contribution in [0.3, 0.4) is 0 Å². The molecule has 3 aromatic heterocycles. The molecule has 6 heteroatoms. The maximum absolute atomic E-state index is 11.9. The van der Waals surface area contributed by atoms with Crippen LogP contribution >= 0.6 is 22.9 Å². The molecular weight excluding hydrogens is 320 g/mol. The van der Waals surface area contributed by atoms with Crippen LogP contribution in [-0.4, -0.2) is 9.97 Å². The van der Waals surface area contributed by atoms with Crippen LogP contribution in [0, 0.1) is 6.92 Å². The molecule has 0 saturated carbocycles. The maximum atomic E-state index is 11.9. The van der Waals surface area contributed by atoms with Gasteiger partial charge in [-0.3, -0.25) is 0 Å². The van der Waals surface area contributed by atoms with E-state index in [9.17, 15) is 4.79 Å². The molecule has 0 unspecified atom stereocenters. The number of hydrogen-bond donors (Lipinski definition) is 0. The van der Waals surface area contributed by atoms with Gasteiger partial charge >= 0.3 is 5.63 Å². The third kappa shape index (κ3) is 2.10. The van der Waals surface area contributed by atoms with Gasteiger partial charge in [0, 0.05) is 22.9 Å². The molecule has 0 aliphatic heterocycles. The second-order valence-electron chi connectivity index (χ2n) is 4.86. The number of aryl methyl sites for hydroxylation is 1. The third-order valence-electron chi connectivity index (χ3n) is 3.36. The second-order valence-corrected chi connectivity index (χ2v) is 6.29. The fourth-order valence-electron chi connectivity index (χ4n) is 2.36. The predicted molar refractivity (Wildman–Crippen MR) is 88.6 cm³/mol. The number of fused-ring (bicyclic) bond motifs is 3. The third-order valence-corrected chi connectivity index (χ3v) is 4.68. The van der Waals surface area contributed by atoms with E-state index in [-0.39, 0.29) is 5.63 Å². The van der Waals surface area contributed by atoms with E-state index in [0.29, 0.717) is 21.1 Å². The van der Waals surface area contributed by atoms with Crippen LogP contribution in [0.4, 0.5) is 0 Å². The SMILES string of the molecule is Cc1nc2c(sc3nc(-c4ccc(Cl)cc4)ccc32)c(=O)o1. The van der Waals surface area contributed by atoms with Crippen molar-refractivity contribution in [1.82, 2.24) is 9.97 Å². The smallest absolute Gasteiger partial charge is 0.357 e. The van der Waals surface area contributed by atoms with Gasteiger partial charge < -0.3 is 4.42 Å². The van der Waals surface area contributed by atoms with Crippen LogP contribution in [0.1, 0.15) is 5.89 Å². The van der Waals surface area contributed by atoms with Gasteiger partial charge in [-0.25, -0.2) is 14.8 Å². The zero-order chi connectivity index (χ0) is 15.3. The summed E-state index contributed by atoms with van der Waals surface area (Å²) in [6.45, 7) is 1.67. The summed E-state index contributed by atoms with van der Waals surface area (Å²) < 4.78 is 5.55. The summed E-state index contributed by atoms with van der Waals surface area (Å²) in [5, 5.41) is 1.55. The van der Waals surface area contributed by atoms with Crippen LogP contribution in [0.25, 0.3) is 31.7 Å². The van der Waals surface area contributed by atoms with Crippen molar-refractivity contribution >= 4 is 43.4 Å². The number of halogens is 1. The van der Waals surface area contributed by atoms with Crippen LogP contribution in [0.2, 0.25) is 5.02 Å². The summed E-state index contributed by atoms with van der Waals surface area (Å²) in [5.74, 6) is 0.360. The lowest BCUT2D eigenvalue weighted by Gasteiger charge is -2.01. The minimum Gasteiger partial charge on any atom is -0.408 e. The van der Waals surface area contributed by atoms with Gasteiger partial charge in [-0.15, -0.1) is 11.3 Å². The molecule has 4 aromatic rings. The number of nitrogens with zero attached hydrogens (tertiary/aromatic N) is 2. The normalized spacial score (nSPS) is 11.4. The molecule has 4 rings (SSSR count). The Morgan fingerprint density at radius 1 is 1.09 bits per heavy atom. The van der Waals surface area contributed by atoms with E-state index in [1.807, 2.05) is 36.4 Å². The van der Waals surface area contributed by atoms with Crippen LogP contribution in [0.5, 0.6) is 0 Å². The topological polar surface area (TPSA) is 56.0 Å². The summed E-state index contributed by atoms with van der Waals surface area (Å²) in [6.07, 6.45) is 0. The Hall–Kier alpha value is -2.24. The van der Waals surface area contributed by atoms with E-state index in [1.165, 1.54) is 11.3 Å². The zero-order valence-electron chi connectivity index (χ0n) is 11.5. The van der Waals surface area contributed by atoms with E-state index in [2.05, 4.69) is 9.97 Å². The largest absolute Gasteiger partial charge is 0.408 e. The standard InChI is InChI=1S/C16H9ClN2O2S/c1-8-18-13-11-6-7-12(9-2-4-10(17)5-3-9)19-15(11)22-14(13)16(20)21-8/h2-7H,1H3. The van der Waals surface area contributed by atoms with E-state index in [0.717, 1.165) is 21.5 Å². The fourth-order valence-corrected chi connectivity index (χ4v) is 3.47. The number of hydrogen-bond acceptors (Lipinski definition) is 5. The minimum atomic E-state index is -0.362. The molecule has 0 bridgehead atoms. The summed E-state index contributed by atoms with van der Waals surface area (Å²) in [5.41, 5.74) is 2.10. The molecular formula is C16H9ClN2O2S. The van der Waals surface area contributed by atoms with Crippen molar-refractivity contribution < 1.29 is 4.42 Å². The van der Waals surface area contributed by atoms with Crippen LogP contribution in [-0.2, 0) is 0 Å². The first-order chi connectivity index (χ1) is 10.6. The minimum absolute atomic E-state index is 0.360. The molecule has 4 nitrogen and oxygen atoms in total. The molecule has 0 atom stereocenters. The Labute approximate surface area is 134 Å². The Morgan fingerprint density at radius 3 is 2.64 bits per heavy atom. The summed E-state index contributed by atoms with van der Waals surface area (Å²) >= 11 is 7.21. The molecule has 108 valence electrons. The van der Waals surface area contributed by atoms with Gasteiger partial charge in [0.25, 0.3) is 0 Å². The quantitative estimate of drug-likeness (QED) is 0.519. The molecule has 0 fully saturated rings. The average Bonchev–Trinajstić information content (AvgIpc) is 2.86. The summed E-state index contributed by atoms with van der Waals surface area (Å²) in [4.78, 5) is 21.7. The highest BCUT2D eigenvalue weighted by atomic mass is 35.5. The van der Waals surface area contributed by atoms with Crippen molar-refractivity contribution in [3.63, 3.8) is 0 Å². The molecule has 0 spiro atoms. The van der Waals surface area contributed by atoms with Crippen LogP contribution in [0.15, 0.2) is 45.6 Å². The molecule has 0 saturated heterocycles. The number of pyridine rings is 1. The van der Waals surface area contributed by atoms with Crippen molar-refractivity contribution in [2.24, 2.45) is 0 Å². The number of benzene rings is 1. The van der Waals surface area contributed by atoms with E-state index >= 15 is 0 Å². The zero-order valence-corrected chi connectivity index (χ0v) is 13.0. The molecule has 22 heavy (non-hydrogen) atoms.